The minimum absolute atomic E-state index is 0.0943. The number of carbonyl (C=O) groups is 4. The Morgan fingerprint density at radius 2 is 1.84 bits per heavy atom. The lowest BCUT2D eigenvalue weighted by molar-refractivity contribution is -0.133. The van der Waals surface area contributed by atoms with Gasteiger partial charge in [-0.1, -0.05) is 24.3 Å². The van der Waals surface area contributed by atoms with Crippen molar-refractivity contribution in [3.05, 3.63) is 59.7 Å². The Morgan fingerprint density at radius 3 is 2.45 bits per heavy atom. The van der Waals surface area contributed by atoms with Gasteiger partial charge in [0.05, 0.1) is 0 Å². The number of imide groups is 1. The second-order valence-corrected chi connectivity index (χ2v) is 7.03. The van der Waals surface area contributed by atoms with Gasteiger partial charge in [0.1, 0.15) is 17.8 Å². The monoisotopic (exact) mass is 431 g/mol. The Bertz CT molecular complexity index is 1040. The summed E-state index contributed by atoms with van der Waals surface area (Å²) in [7, 11) is 0. The molecule has 0 saturated carbocycles. The largest absolute Gasteiger partial charge is 0.435 e. The zero-order valence-corrected chi connectivity index (χ0v) is 16.6. The molecular formula is C21H19F2N3O5. The van der Waals surface area contributed by atoms with Crippen molar-refractivity contribution in [1.29, 1.82) is 0 Å². The van der Waals surface area contributed by atoms with Crippen LogP contribution in [0.1, 0.15) is 29.8 Å². The molecule has 3 rings (SSSR count). The van der Waals surface area contributed by atoms with E-state index >= 15 is 0 Å². The molecule has 1 atom stereocenters. The van der Waals surface area contributed by atoms with E-state index in [4.69, 9.17) is 0 Å². The molecule has 0 aromatic heterocycles. The molecule has 2 N–H and O–H groups in total. The summed E-state index contributed by atoms with van der Waals surface area (Å²) in [6, 6.07) is 10.7. The first-order valence-corrected chi connectivity index (χ1v) is 9.20. The second-order valence-electron chi connectivity index (χ2n) is 7.03. The third kappa shape index (κ3) is 4.68. The summed E-state index contributed by atoms with van der Waals surface area (Å²) in [6.45, 7) is -0.692. The highest BCUT2D eigenvalue weighted by Gasteiger charge is 2.49. The number of hydrogen-bond acceptors (Lipinski definition) is 5. The molecule has 1 fully saturated rings. The van der Waals surface area contributed by atoms with Crippen molar-refractivity contribution in [1.82, 2.24) is 10.2 Å². The summed E-state index contributed by atoms with van der Waals surface area (Å²) in [6.07, 6.45) is 0. The number of benzene rings is 2. The van der Waals surface area contributed by atoms with E-state index in [1.54, 1.807) is 18.2 Å². The van der Waals surface area contributed by atoms with Crippen molar-refractivity contribution in [3.63, 3.8) is 0 Å². The fourth-order valence-corrected chi connectivity index (χ4v) is 3.17. The number of Topliss-reactive ketones (excluding diaryl/α,β-unsaturated/α-hetero) is 1. The molecule has 2 aromatic rings. The fraction of sp³-hybridized carbons (Fsp3) is 0.238. The van der Waals surface area contributed by atoms with E-state index in [0.717, 1.165) is 4.90 Å². The summed E-state index contributed by atoms with van der Waals surface area (Å²) in [5.74, 6) is -1.57. The van der Waals surface area contributed by atoms with Gasteiger partial charge < -0.3 is 15.4 Å². The van der Waals surface area contributed by atoms with Crippen LogP contribution in [0.5, 0.6) is 5.75 Å². The Hall–Kier alpha value is -3.82. The Balaban J connectivity index is 1.71. The summed E-state index contributed by atoms with van der Waals surface area (Å²) >= 11 is 0. The molecule has 162 valence electrons. The average Bonchev–Trinajstić information content (AvgIpc) is 2.92. The van der Waals surface area contributed by atoms with Crippen molar-refractivity contribution in [2.45, 2.75) is 26.0 Å². The highest BCUT2D eigenvalue weighted by molar-refractivity contribution is 6.10. The van der Waals surface area contributed by atoms with Crippen LogP contribution in [0.4, 0.5) is 19.3 Å². The van der Waals surface area contributed by atoms with Crippen LogP contribution in [-0.4, -0.2) is 41.7 Å². The van der Waals surface area contributed by atoms with Gasteiger partial charge in [0, 0.05) is 11.3 Å². The van der Waals surface area contributed by atoms with Crippen molar-refractivity contribution in [2.75, 3.05) is 11.9 Å². The van der Waals surface area contributed by atoms with E-state index in [1.807, 2.05) is 0 Å². The number of carbonyl (C=O) groups excluding carboxylic acids is 4. The van der Waals surface area contributed by atoms with Gasteiger partial charge in [-0.2, -0.15) is 8.78 Å². The highest BCUT2D eigenvalue weighted by Crippen LogP contribution is 2.30. The minimum Gasteiger partial charge on any atom is -0.435 e. The number of rotatable bonds is 7. The number of anilines is 1. The number of halogens is 2. The molecule has 0 aliphatic carbocycles. The zero-order chi connectivity index (χ0) is 22.8. The van der Waals surface area contributed by atoms with Gasteiger partial charge in [0.2, 0.25) is 5.91 Å². The molecule has 4 amide bonds. The first-order valence-electron chi connectivity index (χ1n) is 9.20. The van der Waals surface area contributed by atoms with Crippen LogP contribution in [0, 0.1) is 0 Å². The van der Waals surface area contributed by atoms with Gasteiger partial charge in [-0.05, 0) is 43.7 Å². The molecular weight excluding hydrogens is 412 g/mol. The van der Waals surface area contributed by atoms with Crippen LogP contribution in [0.25, 0.3) is 0 Å². The second kappa shape index (κ2) is 8.50. The molecule has 0 spiro atoms. The van der Waals surface area contributed by atoms with E-state index in [-0.39, 0.29) is 11.5 Å². The molecule has 1 saturated heterocycles. The normalized spacial score (nSPS) is 18.2. The number of hydrogen-bond donors (Lipinski definition) is 2. The maximum Gasteiger partial charge on any atom is 0.387 e. The summed E-state index contributed by atoms with van der Waals surface area (Å²) < 4.78 is 28.9. The van der Waals surface area contributed by atoms with E-state index < -0.39 is 36.5 Å². The van der Waals surface area contributed by atoms with Crippen molar-refractivity contribution in [3.8, 4) is 5.75 Å². The Labute approximate surface area is 176 Å². The van der Waals surface area contributed by atoms with Gasteiger partial charge in [-0.25, -0.2) is 4.79 Å². The molecule has 10 heteroatoms. The zero-order valence-electron chi connectivity index (χ0n) is 16.6. The third-order valence-electron chi connectivity index (χ3n) is 4.79. The molecule has 0 radical (unpaired) electrons. The quantitative estimate of drug-likeness (QED) is 0.518. The van der Waals surface area contributed by atoms with E-state index in [1.165, 1.54) is 44.2 Å². The maximum atomic E-state index is 12.9. The van der Waals surface area contributed by atoms with E-state index in [9.17, 15) is 28.0 Å². The van der Waals surface area contributed by atoms with E-state index in [2.05, 4.69) is 15.4 Å². The van der Waals surface area contributed by atoms with E-state index in [0.29, 0.717) is 16.8 Å². The van der Waals surface area contributed by atoms with Crippen LogP contribution in [0.15, 0.2) is 48.5 Å². The van der Waals surface area contributed by atoms with Crippen LogP contribution in [0.3, 0.4) is 0 Å². The van der Waals surface area contributed by atoms with Gasteiger partial charge in [-0.15, -0.1) is 0 Å². The Morgan fingerprint density at radius 1 is 1.16 bits per heavy atom. The standard InChI is InChI=1S/C21H19F2N3O5/c1-12(27)13-4-3-5-15(10-13)24-17(28)11-26-18(29)21(2,25-20(26)30)14-6-8-16(9-7-14)31-19(22)23/h3-10,19H,11H2,1-2H3,(H,24,28)(H,25,30)/t21-/m1/s1. The van der Waals surface area contributed by atoms with Crippen LogP contribution in [-0.2, 0) is 15.1 Å². The van der Waals surface area contributed by atoms with Gasteiger partial charge in [0.25, 0.3) is 5.91 Å². The third-order valence-corrected chi connectivity index (χ3v) is 4.79. The first kappa shape index (κ1) is 21.9. The first-order chi connectivity index (χ1) is 14.6. The number of alkyl halides is 2. The molecule has 31 heavy (non-hydrogen) atoms. The number of ketones is 1. The number of ether oxygens (including phenoxy) is 1. The minimum atomic E-state index is -2.99. The van der Waals surface area contributed by atoms with Crippen molar-refractivity contribution < 1.29 is 32.7 Å². The lowest BCUT2D eigenvalue weighted by Gasteiger charge is -2.22. The maximum absolute atomic E-state index is 12.9. The van der Waals surface area contributed by atoms with Gasteiger partial charge in [0.15, 0.2) is 5.78 Å². The molecule has 0 bridgehead atoms. The van der Waals surface area contributed by atoms with Crippen LogP contribution >= 0.6 is 0 Å². The Kier molecular flexibility index (Phi) is 6.00. The topological polar surface area (TPSA) is 105 Å². The highest BCUT2D eigenvalue weighted by atomic mass is 19.3. The summed E-state index contributed by atoms with van der Waals surface area (Å²) in [5.41, 5.74) is -0.388. The van der Waals surface area contributed by atoms with Crippen molar-refractivity contribution in [2.24, 2.45) is 0 Å². The predicted octanol–water partition coefficient (Wildman–Crippen LogP) is 2.90. The molecule has 8 nitrogen and oxygen atoms in total. The molecule has 2 aromatic carbocycles. The number of amides is 4. The smallest absolute Gasteiger partial charge is 0.387 e. The van der Waals surface area contributed by atoms with Gasteiger partial charge >= 0.3 is 12.6 Å². The molecule has 0 unspecified atom stereocenters. The number of urea groups is 1. The van der Waals surface area contributed by atoms with Crippen molar-refractivity contribution >= 4 is 29.3 Å². The molecule has 1 aliphatic rings. The lowest BCUT2D eigenvalue weighted by atomic mass is 9.92. The van der Waals surface area contributed by atoms with Crippen LogP contribution in [0.2, 0.25) is 0 Å². The summed E-state index contributed by atoms with van der Waals surface area (Å²) in [5, 5.41) is 5.07. The molecule has 1 aliphatic heterocycles. The predicted molar refractivity (Wildman–Crippen MR) is 106 cm³/mol. The summed E-state index contributed by atoms with van der Waals surface area (Å²) in [4.78, 5) is 49.9. The SMILES string of the molecule is CC(=O)c1cccc(NC(=O)CN2C(=O)N[C@](C)(c3ccc(OC(F)F)cc3)C2=O)c1. The number of nitrogens with zero attached hydrogens (tertiary/aromatic N) is 1. The molecule has 1 heterocycles. The van der Waals surface area contributed by atoms with Crippen LogP contribution < -0.4 is 15.4 Å². The van der Waals surface area contributed by atoms with Gasteiger partial charge in [-0.3, -0.25) is 19.3 Å². The lowest BCUT2D eigenvalue weighted by Crippen LogP contribution is -2.42. The fourth-order valence-electron chi connectivity index (χ4n) is 3.17. The average molecular weight is 431 g/mol. The number of nitrogens with one attached hydrogen (secondary N) is 2.